The summed E-state index contributed by atoms with van der Waals surface area (Å²) in [6, 6.07) is -0.143. The predicted molar refractivity (Wildman–Crippen MR) is 128 cm³/mol. The predicted octanol–water partition coefficient (Wildman–Crippen LogP) is 0.0965. The first-order valence-electron chi connectivity index (χ1n) is 12.1. The Morgan fingerprint density at radius 1 is 1.35 bits per heavy atom. The normalized spacial score (nSPS) is 21.1. The maximum atomic E-state index is 8.65. The zero-order valence-electron chi connectivity index (χ0n) is 19.6. The maximum Gasteiger partial charge on any atom is 0.112 e. The summed E-state index contributed by atoms with van der Waals surface area (Å²) in [6.07, 6.45) is 7.04. The fourth-order valence-electron chi connectivity index (χ4n) is 4.20. The van der Waals surface area contributed by atoms with Crippen LogP contribution >= 0.6 is 0 Å². The third-order valence-electron chi connectivity index (χ3n) is 6.30. The van der Waals surface area contributed by atoms with Crippen molar-refractivity contribution in [3.63, 3.8) is 0 Å². The van der Waals surface area contributed by atoms with E-state index in [9.17, 15) is 0 Å². The van der Waals surface area contributed by atoms with Crippen LogP contribution in [0.15, 0.2) is 11.9 Å². The summed E-state index contributed by atoms with van der Waals surface area (Å²) < 4.78 is 5.52. The van der Waals surface area contributed by atoms with Crippen molar-refractivity contribution < 1.29 is 4.74 Å². The number of nitrogens with two attached hydrogens (primary N) is 2. The topological polar surface area (TPSA) is 136 Å². The first kappa shape index (κ1) is 26.0. The lowest BCUT2D eigenvalue weighted by Crippen LogP contribution is -2.65. The van der Waals surface area contributed by atoms with Crippen LogP contribution in [0.25, 0.3) is 0 Å². The molecule has 1 fully saturated rings. The Bertz CT molecular complexity index is 536. The van der Waals surface area contributed by atoms with Crippen LogP contribution < -0.4 is 32.7 Å². The highest BCUT2D eigenvalue weighted by molar-refractivity contribution is 5.87. The molecule has 2 rings (SSSR count). The minimum absolute atomic E-state index is 0.0187. The number of likely N-dealkylation sites (tertiary alicyclic amines) is 1. The van der Waals surface area contributed by atoms with Crippen LogP contribution in [0.1, 0.15) is 46.0 Å². The Hall–Kier alpha value is -1.23. The average molecular weight is 439 g/mol. The molecule has 2 aliphatic heterocycles. The van der Waals surface area contributed by atoms with Crippen molar-refractivity contribution >= 4 is 5.71 Å². The van der Waals surface area contributed by atoms with E-state index < -0.39 is 0 Å². The van der Waals surface area contributed by atoms with Crippen LogP contribution in [-0.4, -0.2) is 81.5 Å². The van der Waals surface area contributed by atoms with Gasteiger partial charge in [-0.1, -0.05) is 6.92 Å². The molecule has 0 aromatic heterocycles. The molecule has 0 aromatic rings. The van der Waals surface area contributed by atoms with E-state index in [4.69, 9.17) is 21.6 Å². The molecule has 0 aliphatic carbocycles. The number of nitrogens with zero attached hydrogens (tertiary/aromatic N) is 1. The van der Waals surface area contributed by atoms with Crippen molar-refractivity contribution in [1.29, 1.82) is 5.41 Å². The molecular formula is C22H46N8O. The summed E-state index contributed by atoms with van der Waals surface area (Å²) in [5.74, 6) is 1.68. The Labute approximate surface area is 188 Å². The number of piperidine rings is 1. The van der Waals surface area contributed by atoms with Crippen LogP contribution in [0.5, 0.6) is 0 Å². The van der Waals surface area contributed by atoms with Gasteiger partial charge in [-0.2, -0.15) is 0 Å². The van der Waals surface area contributed by atoms with E-state index in [1.165, 1.54) is 6.42 Å². The van der Waals surface area contributed by atoms with Gasteiger partial charge in [0.25, 0.3) is 0 Å². The quantitative estimate of drug-likeness (QED) is 0.109. The SMILES string of the molecule is CCOCCNC(CNC1=CCCCN1)C(NC(N)N1CCC(CN)CC1)C(=N)CC. The molecular weight excluding hydrogens is 392 g/mol. The lowest BCUT2D eigenvalue weighted by molar-refractivity contribution is 0.107. The van der Waals surface area contributed by atoms with E-state index in [2.05, 4.69) is 32.2 Å². The largest absolute Gasteiger partial charge is 0.380 e. The standard InChI is InChI=1S/C22H46N8O/c1-3-18(24)21(29-22(25)30-12-8-17(15-23)9-13-30)19(26-11-14-31-4-2)16-28-20-7-5-6-10-27-20/h7,17,19,21-22,24,26-29H,3-6,8-16,23,25H2,1-2H3. The van der Waals surface area contributed by atoms with Gasteiger partial charge in [0.05, 0.1) is 18.5 Å². The van der Waals surface area contributed by atoms with Gasteiger partial charge in [0, 0.05) is 51.1 Å². The number of rotatable bonds is 15. The van der Waals surface area contributed by atoms with Gasteiger partial charge in [0.15, 0.2) is 0 Å². The van der Waals surface area contributed by atoms with Crippen molar-refractivity contribution in [2.75, 3.05) is 52.5 Å². The summed E-state index contributed by atoms with van der Waals surface area (Å²) >= 11 is 0. The number of hydrogen-bond donors (Lipinski definition) is 7. The molecule has 0 aromatic carbocycles. The monoisotopic (exact) mass is 438 g/mol. The van der Waals surface area contributed by atoms with Gasteiger partial charge in [0.1, 0.15) is 6.29 Å². The molecule has 180 valence electrons. The van der Waals surface area contributed by atoms with Crippen molar-refractivity contribution in [2.45, 2.75) is 64.3 Å². The van der Waals surface area contributed by atoms with Gasteiger partial charge in [-0.3, -0.25) is 10.2 Å². The first-order valence-corrected chi connectivity index (χ1v) is 12.1. The number of allylic oxidation sites excluding steroid dienone is 1. The second-order valence-electron chi connectivity index (χ2n) is 8.51. The van der Waals surface area contributed by atoms with Crippen LogP contribution in [0.4, 0.5) is 0 Å². The molecule has 2 aliphatic rings. The van der Waals surface area contributed by atoms with Gasteiger partial charge in [0.2, 0.25) is 0 Å². The molecule has 9 heteroatoms. The van der Waals surface area contributed by atoms with Gasteiger partial charge in [-0.05, 0) is 57.6 Å². The van der Waals surface area contributed by atoms with Crippen molar-refractivity contribution in [3.8, 4) is 0 Å². The molecule has 3 atom stereocenters. The van der Waals surface area contributed by atoms with Crippen LogP contribution in [0.3, 0.4) is 0 Å². The van der Waals surface area contributed by atoms with Gasteiger partial charge >= 0.3 is 0 Å². The second kappa shape index (κ2) is 14.8. The minimum Gasteiger partial charge on any atom is -0.380 e. The van der Waals surface area contributed by atoms with Crippen LogP contribution in [0.2, 0.25) is 0 Å². The highest BCUT2D eigenvalue weighted by Gasteiger charge is 2.29. The Morgan fingerprint density at radius 3 is 2.74 bits per heavy atom. The fourth-order valence-corrected chi connectivity index (χ4v) is 4.20. The Balaban J connectivity index is 2.01. The lowest BCUT2D eigenvalue weighted by atomic mass is 9.97. The smallest absolute Gasteiger partial charge is 0.112 e. The summed E-state index contributed by atoms with van der Waals surface area (Å²) in [5.41, 5.74) is 13.1. The third-order valence-corrected chi connectivity index (χ3v) is 6.30. The summed E-state index contributed by atoms with van der Waals surface area (Å²) in [7, 11) is 0. The third kappa shape index (κ3) is 9.03. The number of ether oxygens (including phenoxy) is 1. The Kier molecular flexibility index (Phi) is 12.4. The van der Waals surface area contributed by atoms with Crippen molar-refractivity contribution in [3.05, 3.63) is 11.9 Å². The maximum absolute atomic E-state index is 8.65. The van der Waals surface area contributed by atoms with Crippen LogP contribution in [0, 0.1) is 11.3 Å². The summed E-state index contributed by atoms with van der Waals surface area (Å²) in [5, 5.41) is 22.8. The molecule has 2 heterocycles. The fraction of sp³-hybridized carbons (Fsp3) is 0.864. The number of nitrogens with one attached hydrogen (secondary N) is 5. The zero-order chi connectivity index (χ0) is 22.5. The second-order valence-corrected chi connectivity index (χ2v) is 8.51. The Morgan fingerprint density at radius 2 is 2.13 bits per heavy atom. The molecule has 9 N–H and O–H groups in total. The van der Waals surface area contributed by atoms with Gasteiger partial charge in [-0.15, -0.1) is 0 Å². The molecule has 1 saturated heterocycles. The summed E-state index contributed by atoms with van der Waals surface area (Å²) in [6.45, 7) is 10.5. The zero-order valence-corrected chi connectivity index (χ0v) is 19.6. The highest BCUT2D eigenvalue weighted by Crippen LogP contribution is 2.16. The molecule has 3 unspecified atom stereocenters. The minimum atomic E-state index is -0.279. The van der Waals surface area contributed by atoms with E-state index in [-0.39, 0.29) is 18.4 Å². The molecule has 31 heavy (non-hydrogen) atoms. The number of hydrogen-bond acceptors (Lipinski definition) is 9. The van der Waals surface area contributed by atoms with E-state index in [0.717, 1.165) is 57.8 Å². The lowest BCUT2D eigenvalue weighted by Gasteiger charge is -2.39. The molecule has 9 nitrogen and oxygen atoms in total. The van der Waals surface area contributed by atoms with Gasteiger partial charge < -0.3 is 37.6 Å². The van der Waals surface area contributed by atoms with E-state index in [1.54, 1.807) is 0 Å². The molecule has 0 saturated carbocycles. The first-order chi connectivity index (χ1) is 15.1. The van der Waals surface area contributed by atoms with Crippen molar-refractivity contribution in [1.82, 2.24) is 26.2 Å². The van der Waals surface area contributed by atoms with Crippen molar-refractivity contribution in [2.24, 2.45) is 17.4 Å². The van der Waals surface area contributed by atoms with E-state index >= 15 is 0 Å². The van der Waals surface area contributed by atoms with Gasteiger partial charge in [-0.25, -0.2) is 0 Å². The van der Waals surface area contributed by atoms with Crippen LogP contribution in [-0.2, 0) is 4.74 Å². The van der Waals surface area contributed by atoms with E-state index in [1.807, 2.05) is 13.8 Å². The molecule has 0 bridgehead atoms. The molecule has 0 amide bonds. The van der Waals surface area contributed by atoms with E-state index in [0.29, 0.717) is 37.8 Å². The average Bonchev–Trinajstić information content (AvgIpc) is 2.82. The highest BCUT2D eigenvalue weighted by atomic mass is 16.5. The molecule has 0 radical (unpaired) electrons. The molecule has 0 spiro atoms. The summed E-state index contributed by atoms with van der Waals surface area (Å²) in [4.78, 5) is 2.28.